The van der Waals surface area contributed by atoms with Crippen LogP contribution in [0, 0.1) is 23.7 Å². The van der Waals surface area contributed by atoms with E-state index in [-0.39, 0.29) is 12.7 Å². The van der Waals surface area contributed by atoms with Gasteiger partial charge < -0.3 is 14.6 Å². The molecule has 4 unspecified atom stereocenters. The van der Waals surface area contributed by atoms with Gasteiger partial charge in [-0.2, -0.15) is 0 Å². The van der Waals surface area contributed by atoms with Crippen LogP contribution in [0.5, 0.6) is 0 Å². The fraction of sp³-hybridized carbons (Fsp3) is 0.800. The van der Waals surface area contributed by atoms with Gasteiger partial charge in [0.2, 0.25) is 0 Å². The number of aliphatic hydroxyl groups is 1. The third kappa shape index (κ3) is 17.2. The van der Waals surface area contributed by atoms with Crippen LogP contribution in [0.25, 0.3) is 0 Å². The summed E-state index contributed by atoms with van der Waals surface area (Å²) in [6.07, 6.45) is 13.1. The number of hydrogen-bond donors (Lipinski definition) is 1. The molecule has 1 aromatic rings. The van der Waals surface area contributed by atoms with Crippen molar-refractivity contribution in [1.29, 1.82) is 0 Å². The minimum Gasteiger partial charge on any atom is -0.394 e. The molecule has 0 spiro atoms. The lowest BCUT2D eigenvalue weighted by Crippen LogP contribution is -2.25. The predicted octanol–water partition coefficient (Wildman–Crippen LogP) is 8.05. The van der Waals surface area contributed by atoms with Gasteiger partial charge in [-0.15, -0.1) is 0 Å². The highest BCUT2D eigenvalue weighted by Gasteiger charge is 2.11. The maximum absolute atomic E-state index is 9.56. The zero-order valence-electron chi connectivity index (χ0n) is 22.4. The van der Waals surface area contributed by atoms with Gasteiger partial charge in [0, 0.05) is 6.61 Å². The van der Waals surface area contributed by atoms with E-state index in [4.69, 9.17) is 9.47 Å². The van der Waals surface area contributed by atoms with Crippen molar-refractivity contribution in [1.82, 2.24) is 0 Å². The van der Waals surface area contributed by atoms with Crippen LogP contribution in [0.1, 0.15) is 104 Å². The highest BCUT2D eigenvalue weighted by Crippen LogP contribution is 2.22. The third-order valence-corrected chi connectivity index (χ3v) is 6.85. The second-order valence-corrected chi connectivity index (χ2v) is 11.0. The van der Waals surface area contributed by atoms with Gasteiger partial charge in [0.15, 0.2) is 0 Å². The number of rotatable bonds is 21. The van der Waals surface area contributed by atoms with E-state index in [1.54, 1.807) is 0 Å². The van der Waals surface area contributed by atoms with Crippen LogP contribution in [0.4, 0.5) is 0 Å². The minimum absolute atomic E-state index is 0.0109. The van der Waals surface area contributed by atoms with Crippen molar-refractivity contribution in [3.63, 3.8) is 0 Å². The summed E-state index contributed by atoms with van der Waals surface area (Å²) in [6, 6.07) is 10.1. The van der Waals surface area contributed by atoms with Crippen molar-refractivity contribution in [3.05, 3.63) is 35.9 Å². The molecule has 0 bridgehead atoms. The molecule has 3 nitrogen and oxygen atoms in total. The van der Waals surface area contributed by atoms with Gasteiger partial charge in [-0.05, 0) is 35.7 Å². The van der Waals surface area contributed by atoms with Gasteiger partial charge in [0.05, 0.1) is 19.8 Å². The summed E-state index contributed by atoms with van der Waals surface area (Å²) in [7, 11) is 0. The van der Waals surface area contributed by atoms with E-state index in [1.165, 1.54) is 57.8 Å². The smallest absolute Gasteiger partial charge is 0.104 e. The molecular weight excluding hydrogens is 408 g/mol. The molecule has 0 aliphatic heterocycles. The van der Waals surface area contributed by atoms with Crippen LogP contribution in [0.2, 0.25) is 0 Å². The van der Waals surface area contributed by atoms with Gasteiger partial charge in [-0.25, -0.2) is 0 Å². The van der Waals surface area contributed by atoms with E-state index in [0.717, 1.165) is 29.7 Å². The molecule has 1 aromatic carbocycles. The maximum Gasteiger partial charge on any atom is 0.104 e. The molecule has 1 rings (SSSR count). The summed E-state index contributed by atoms with van der Waals surface area (Å²) in [5.74, 6) is 3.25. The molecule has 0 aliphatic rings. The number of hydrogen-bond acceptors (Lipinski definition) is 3. The monoisotopic (exact) mass is 462 g/mol. The normalized spacial score (nSPS) is 15.5. The van der Waals surface area contributed by atoms with Crippen LogP contribution in [0.15, 0.2) is 30.3 Å². The second-order valence-electron chi connectivity index (χ2n) is 11.0. The topological polar surface area (TPSA) is 38.7 Å². The molecule has 0 amide bonds. The van der Waals surface area contributed by atoms with Gasteiger partial charge in [-0.3, -0.25) is 0 Å². The predicted molar refractivity (Wildman–Crippen MR) is 141 cm³/mol. The molecule has 3 heteroatoms. The van der Waals surface area contributed by atoms with Crippen molar-refractivity contribution in [2.45, 2.75) is 112 Å². The summed E-state index contributed by atoms with van der Waals surface area (Å²) in [4.78, 5) is 0. The lowest BCUT2D eigenvalue weighted by molar-refractivity contribution is -0.0494. The molecular formula is C30H54O3. The van der Waals surface area contributed by atoms with E-state index < -0.39 is 0 Å². The second kappa shape index (κ2) is 19.4. The molecule has 192 valence electrons. The number of ether oxygens (including phenoxy) is 2. The van der Waals surface area contributed by atoms with Crippen molar-refractivity contribution in [3.8, 4) is 0 Å². The van der Waals surface area contributed by atoms with E-state index in [1.807, 2.05) is 30.3 Å². The Bertz CT molecular complexity index is 545. The van der Waals surface area contributed by atoms with Crippen molar-refractivity contribution >= 4 is 0 Å². The first kappa shape index (κ1) is 30.1. The highest BCUT2D eigenvalue weighted by molar-refractivity contribution is 5.13. The Morgan fingerprint density at radius 1 is 0.697 bits per heavy atom. The van der Waals surface area contributed by atoms with Gasteiger partial charge in [-0.1, -0.05) is 123 Å². The van der Waals surface area contributed by atoms with Crippen LogP contribution in [-0.2, 0) is 16.1 Å². The van der Waals surface area contributed by atoms with Crippen LogP contribution >= 0.6 is 0 Å². The minimum atomic E-state index is -0.228. The van der Waals surface area contributed by atoms with Crippen molar-refractivity contribution in [2.75, 3.05) is 19.8 Å². The van der Waals surface area contributed by atoms with E-state index in [2.05, 4.69) is 34.6 Å². The SMILES string of the molecule is CC(C)CCCC(C)CCCC(C)CCCC(C)CCOC(CO)COCc1ccccc1. The van der Waals surface area contributed by atoms with E-state index in [0.29, 0.717) is 25.7 Å². The summed E-state index contributed by atoms with van der Waals surface area (Å²) < 4.78 is 11.6. The molecule has 0 aliphatic carbocycles. The summed E-state index contributed by atoms with van der Waals surface area (Å²) in [5, 5.41) is 9.56. The van der Waals surface area contributed by atoms with Crippen molar-refractivity contribution in [2.24, 2.45) is 23.7 Å². The molecule has 0 fully saturated rings. The van der Waals surface area contributed by atoms with E-state index in [9.17, 15) is 5.11 Å². The summed E-state index contributed by atoms with van der Waals surface area (Å²) >= 11 is 0. The van der Waals surface area contributed by atoms with Crippen molar-refractivity contribution < 1.29 is 14.6 Å². The average molecular weight is 463 g/mol. The lowest BCUT2D eigenvalue weighted by Gasteiger charge is -2.18. The average Bonchev–Trinajstić information content (AvgIpc) is 2.78. The largest absolute Gasteiger partial charge is 0.394 e. The number of benzene rings is 1. The van der Waals surface area contributed by atoms with Crippen LogP contribution < -0.4 is 0 Å². The Kier molecular flexibility index (Phi) is 17.7. The maximum atomic E-state index is 9.56. The van der Waals surface area contributed by atoms with Gasteiger partial charge in [0.25, 0.3) is 0 Å². The molecule has 0 heterocycles. The molecule has 0 saturated heterocycles. The molecule has 0 aromatic heterocycles. The van der Waals surface area contributed by atoms with Gasteiger partial charge in [0.1, 0.15) is 6.10 Å². The summed E-state index contributed by atoms with van der Waals surface area (Å²) in [6.45, 7) is 13.6. The standard InChI is InChI=1S/C30H54O3/c1-25(2)12-9-13-26(3)14-10-15-27(4)16-11-17-28(5)20-21-33-30(22-31)24-32-23-29-18-7-6-8-19-29/h6-8,18-19,25-28,30-31H,9-17,20-24H2,1-5H3. The molecule has 0 radical (unpaired) electrons. The highest BCUT2D eigenvalue weighted by atomic mass is 16.5. The first-order valence-corrected chi connectivity index (χ1v) is 13.7. The number of aliphatic hydroxyl groups excluding tert-OH is 1. The van der Waals surface area contributed by atoms with Gasteiger partial charge >= 0.3 is 0 Å². The Morgan fingerprint density at radius 3 is 1.73 bits per heavy atom. The first-order valence-electron chi connectivity index (χ1n) is 13.7. The molecule has 1 N–H and O–H groups in total. The van der Waals surface area contributed by atoms with E-state index >= 15 is 0 Å². The Hall–Kier alpha value is -0.900. The lowest BCUT2D eigenvalue weighted by atomic mass is 9.91. The van der Waals surface area contributed by atoms with Crippen LogP contribution in [-0.4, -0.2) is 31.0 Å². The fourth-order valence-corrected chi connectivity index (χ4v) is 4.41. The third-order valence-electron chi connectivity index (χ3n) is 6.85. The van der Waals surface area contributed by atoms with Crippen LogP contribution in [0.3, 0.4) is 0 Å². The summed E-state index contributed by atoms with van der Waals surface area (Å²) in [5.41, 5.74) is 1.15. The molecule has 33 heavy (non-hydrogen) atoms. The molecule has 0 saturated carbocycles. The quantitative estimate of drug-likeness (QED) is 0.201. The fourth-order valence-electron chi connectivity index (χ4n) is 4.41. The molecule has 4 atom stereocenters. The Balaban J connectivity index is 2.01. The Morgan fingerprint density at radius 2 is 1.21 bits per heavy atom. The Labute approximate surface area is 205 Å². The first-order chi connectivity index (χ1) is 15.9. The zero-order valence-corrected chi connectivity index (χ0v) is 22.4. The zero-order chi connectivity index (χ0) is 24.3.